The summed E-state index contributed by atoms with van der Waals surface area (Å²) in [6.45, 7) is 5.52. The summed E-state index contributed by atoms with van der Waals surface area (Å²) in [4.78, 5) is 0. The van der Waals surface area contributed by atoms with Crippen LogP contribution in [0.15, 0.2) is 18.5 Å². The molecule has 0 bridgehead atoms. The van der Waals surface area contributed by atoms with Crippen molar-refractivity contribution >= 4 is 0 Å². The lowest BCUT2D eigenvalue weighted by atomic mass is 9.79. The first-order valence-electron chi connectivity index (χ1n) is 5.50. The molecule has 0 aromatic carbocycles. The molecule has 1 aliphatic carbocycles. The van der Waals surface area contributed by atoms with Crippen LogP contribution in [0, 0.1) is 5.92 Å². The first-order valence-corrected chi connectivity index (χ1v) is 5.50. The SMILES string of the molecule is CC(C)NCC1CCC1n1cccn1. The van der Waals surface area contributed by atoms with E-state index < -0.39 is 0 Å². The molecular weight excluding hydrogens is 174 g/mol. The van der Waals surface area contributed by atoms with Crippen molar-refractivity contribution in [3.8, 4) is 0 Å². The molecule has 0 saturated heterocycles. The number of aromatic nitrogens is 2. The zero-order valence-electron chi connectivity index (χ0n) is 8.98. The number of hydrogen-bond donors (Lipinski definition) is 1. The maximum absolute atomic E-state index is 4.30. The summed E-state index contributed by atoms with van der Waals surface area (Å²) in [6, 6.07) is 3.23. The number of hydrogen-bond acceptors (Lipinski definition) is 2. The molecule has 2 rings (SSSR count). The molecule has 1 aliphatic rings. The van der Waals surface area contributed by atoms with E-state index in [0.717, 1.165) is 12.5 Å². The molecule has 0 amide bonds. The minimum atomic E-state index is 0.592. The molecule has 1 aromatic heterocycles. The minimum Gasteiger partial charge on any atom is -0.314 e. The highest BCUT2D eigenvalue weighted by molar-refractivity contribution is 4.90. The van der Waals surface area contributed by atoms with E-state index in [-0.39, 0.29) is 0 Å². The summed E-state index contributed by atoms with van der Waals surface area (Å²) in [5.74, 6) is 0.775. The Balaban J connectivity index is 1.84. The van der Waals surface area contributed by atoms with E-state index in [9.17, 15) is 0 Å². The van der Waals surface area contributed by atoms with Gasteiger partial charge in [-0.25, -0.2) is 0 Å². The van der Waals surface area contributed by atoms with Gasteiger partial charge in [0, 0.05) is 25.0 Å². The van der Waals surface area contributed by atoms with Crippen LogP contribution in [0.2, 0.25) is 0 Å². The van der Waals surface area contributed by atoms with Gasteiger partial charge in [-0.1, -0.05) is 13.8 Å². The second-order valence-corrected chi connectivity index (χ2v) is 4.45. The fourth-order valence-corrected chi connectivity index (χ4v) is 2.00. The van der Waals surface area contributed by atoms with Gasteiger partial charge in [0.05, 0.1) is 6.04 Å². The molecule has 3 heteroatoms. The first kappa shape index (κ1) is 9.71. The van der Waals surface area contributed by atoms with Crippen LogP contribution in [0.25, 0.3) is 0 Å². The van der Waals surface area contributed by atoms with Crippen LogP contribution < -0.4 is 5.32 Å². The van der Waals surface area contributed by atoms with Crippen molar-refractivity contribution in [2.75, 3.05) is 6.54 Å². The smallest absolute Gasteiger partial charge is 0.0559 e. The second-order valence-electron chi connectivity index (χ2n) is 4.45. The summed E-state index contributed by atoms with van der Waals surface area (Å²) in [5.41, 5.74) is 0. The largest absolute Gasteiger partial charge is 0.314 e. The third kappa shape index (κ3) is 1.98. The second kappa shape index (κ2) is 4.13. The Labute approximate surface area is 85.5 Å². The molecule has 1 aromatic rings. The fraction of sp³-hybridized carbons (Fsp3) is 0.727. The predicted molar refractivity (Wildman–Crippen MR) is 57.1 cm³/mol. The van der Waals surface area contributed by atoms with Crippen molar-refractivity contribution < 1.29 is 0 Å². The van der Waals surface area contributed by atoms with Gasteiger partial charge in [0.15, 0.2) is 0 Å². The van der Waals surface area contributed by atoms with Gasteiger partial charge in [0.25, 0.3) is 0 Å². The lowest BCUT2D eigenvalue weighted by molar-refractivity contribution is 0.160. The van der Waals surface area contributed by atoms with E-state index in [2.05, 4.69) is 35.1 Å². The zero-order chi connectivity index (χ0) is 9.97. The van der Waals surface area contributed by atoms with Crippen molar-refractivity contribution in [3.63, 3.8) is 0 Å². The highest BCUT2D eigenvalue weighted by atomic mass is 15.3. The highest BCUT2D eigenvalue weighted by Gasteiger charge is 2.32. The third-order valence-corrected chi connectivity index (χ3v) is 3.03. The monoisotopic (exact) mass is 193 g/mol. The van der Waals surface area contributed by atoms with Crippen LogP contribution in [0.5, 0.6) is 0 Å². The van der Waals surface area contributed by atoms with Crippen LogP contribution in [0.1, 0.15) is 32.7 Å². The summed E-state index contributed by atoms with van der Waals surface area (Å²) in [6.07, 6.45) is 6.56. The molecule has 1 fully saturated rings. The zero-order valence-corrected chi connectivity index (χ0v) is 8.98. The van der Waals surface area contributed by atoms with Crippen molar-refractivity contribution in [1.82, 2.24) is 15.1 Å². The molecule has 1 heterocycles. The summed E-state index contributed by atoms with van der Waals surface area (Å²) in [7, 11) is 0. The van der Waals surface area contributed by atoms with E-state index >= 15 is 0 Å². The third-order valence-electron chi connectivity index (χ3n) is 3.03. The molecule has 1 saturated carbocycles. The first-order chi connectivity index (χ1) is 6.77. The molecular formula is C11H19N3. The maximum atomic E-state index is 4.30. The average Bonchev–Trinajstić information content (AvgIpc) is 2.54. The normalized spacial score (nSPS) is 26.5. The fourth-order valence-electron chi connectivity index (χ4n) is 2.00. The molecule has 0 radical (unpaired) electrons. The van der Waals surface area contributed by atoms with Crippen molar-refractivity contribution in [1.29, 1.82) is 0 Å². The lowest BCUT2D eigenvalue weighted by Crippen LogP contribution is -2.39. The molecule has 0 spiro atoms. The van der Waals surface area contributed by atoms with Crippen LogP contribution in [0.4, 0.5) is 0 Å². The number of nitrogens with zero attached hydrogens (tertiary/aromatic N) is 2. The van der Waals surface area contributed by atoms with Crippen LogP contribution >= 0.6 is 0 Å². The summed E-state index contributed by atoms with van der Waals surface area (Å²) in [5, 5.41) is 7.80. The van der Waals surface area contributed by atoms with E-state index in [1.165, 1.54) is 12.8 Å². The standard InChI is InChI=1S/C11H19N3/c1-9(2)12-8-10-4-5-11(10)14-7-3-6-13-14/h3,6-7,9-12H,4-5,8H2,1-2H3. The van der Waals surface area contributed by atoms with Crippen LogP contribution in [-0.2, 0) is 0 Å². The van der Waals surface area contributed by atoms with Gasteiger partial charge in [-0.3, -0.25) is 4.68 Å². The van der Waals surface area contributed by atoms with Gasteiger partial charge < -0.3 is 5.32 Å². The maximum Gasteiger partial charge on any atom is 0.0559 e. The molecule has 0 aliphatic heterocycles. The van der Waals surface area contributed by atoms with E-state index in [0.29, 0.717) is 12.1 Å². The lowest BCUT2D eigenvalue weighted by Gasteiger charge is -2.37. The van der Waals surface area contributed by atoms with Gasteiger partial charge >= 0.3 is 0 Å². The summed E-state index contributed by atoms with van der Waals surface area (Å²) < 4.78 is 2.11. The van der Waals surface area contributed by atoms with Crippen molar-refractivity contribution in [3.05, 3.63) is 18.5 Å². The number of nitrogens with one attached hydrogen (secondary N) is 1. The molecule has 3 nitrogen and oxygen atoms in total. The molecule has 2 atom stereocenters. The Morgan fingerprint density at radius 1 is 1.50 bits per heavy atom. The van der Waals surface area contributed by atoms with Crippen LogP contribution in [0.3, 0.4) is 0 Å². The average molecular weight is 193 g/mol. The Bertz CT molecular complexity index is 266. The van der Waals surface area contributed by atoms with Crippen molar-refractivity contribution in [2.24, 2.45) is 5.92 Å². The highest BCUT2D eigenvalue weighted by Crippen LogP contribution is 2.37. The molecule has 14 heavy (non-hydrogen) atoms. The van der Waals surface area contributed by atoms with E-state index in [1.807, 2.05) is 12.3 Å². The quantitative estimate of drug-likeness (QED) is 0.790. The van der Waals surface area contributed by atoms with E-state index in [1.54, 1.807) is 0 Å². The predicted octanol–water partition coefficient (Wildman–Crippen LogP) is 1.83. The molecule has 1 N–H and O–H groups in total. The molecule has 2 unspecified atom stereocenters. The van der Waals surface area contributed by atoms with Gasteiger partial charge in [-0.2, -0.15) is 5.10 Å². The number of rotatable bonds is 4. The van der Waals surface area contributed by atoms with Crippen molar-refractivity contribution in [2.45, 2.75) is 38.8 Å². The minimum absolute atomic E-state index is 0.592. The van der Waals surface area contributed by atoms with Gasteiger partial charge in [-0.05, 0) is 24.8 Å². The Kier molecular flexibility index (Phi) is 2.87. The van der Waals surface area contributed by atoms with Gasteiger partial charge in [-0.15, -0.1) is 0 Å². The summed E-state index contributed by atoms with van der Waals surface area (Å²) >= 11 is 0. The Morgan fingerprint density at radius 2 is 2.36 bits per heavy atom. The van der Waals surface area contributed by atoms with E-state index in [4.69, 9.17) is 0 Å². The molecule has 78 valence electrons. The van der Waals surface area contributed by atoms with Crippen LogP contribution in [-0.4, -0.2) is 22.4 Å². The Hall–Kier alpha value is -0.830. The van der Waals surface area contributed by atoms with Gasteiger partial charge in [0.1, 0.15) is 0 Å². The Morgan fingerprint density at radius 3 is 2.86 bits per heavy atom. The topological polar surface area (TPSA) is 29.9 Å². The van der Waals surface area contributed by atoms with Gasteiger partial charge in [0.2, 0.25) is 0 Å².